The summed E-state index contributed by atoms with van der Waals surface area (Å²) < 4.78 is 0. The van der Waals surface area contributed by atoms with E-state index in [0.29, 0.717) is 50.8 Å². The number of hydrogen-bond acceptors (Lipinski definition) is 4. The Hall–Kier alpha value is -3.47. The Balaban J connectivity index is 1.79. The van der Waals surface area contributed by atoms with Crippen molar-refractivity contribution < 1.29 is 24.3 Å². The van der Waals surface area contributed by atoms with Gasteiger partial charge < -0.3 is 26.5 Å². The molecule has 1 heterocycles. The second-order valence-corrected chi connectivity index (χ2v) is 13.5. The molecule has 0 saturated heterocycles. The predicted molar refractivity (Wildman–Crippen MR) is 180 cm³/mol. The fraction of sp³-hybridized carbons (Fsp3) is 0.455. The van der Waals surface area contributed by atoms with Crippen molar-refractivity contribution >= 4 is 69.5 Å². The van der Waals surface area contributed by atoms with Crippen LogP contribution in [0.15, 0.2) is 36.4 Å². The number of aromatic amines is 1. The number of aryl methyl sites for hydroxylation is 1. The third kappa shape index (κ3) is 7.40. The summed E-state index contributed by atoms with van der Waals surface area (Å²) in [7, 11) is 0. The van der Waals surface area contributed by atoms with Crippen LogP contribution in [0.4, 0.5) is 4.79 Å². The Kier molecular flexibility index (Phi) is 11.2. The molecule has 46 heavy (non-hydrogen) atoms. The van der Waals surface area contributed by atoms with Crippen LogP contribution in [-0.4, -0.2) is 56.4 Å². The molecule has 4 amide bonds. The van der Waals surface area contributed by atoms with E-state index in [4.69, 9.17) is 40.5 Å². The largest absolute Gasteiger partial charge is 0.465 e. The van der Waals surface area contributed by atoms with Crippen LogP contribution in [0.1, 0.15) is 63.8 Å². The van der Waals surface area contributed by atoms with Crippen LogP contribution in [0, 0.1) is 11.8 Å². The predicted octanol–water partition coefficient (Wildman–Crippen LogP) is 6.08. The number of benzene rings is 2. The third-order valence-electron chi connectivity index (χ3n) is 9.18. The van der Waals surface area contributed by atoms with Crippen LogP contribution in [-0.2, 0) is 33.8 Å². The molecule has 0 fully saturated rings. The minimum Gasteiger partial charge on any atom is -0.465 e. The van der Waals surface area contributed by atoms with Gasteiger partial charge in [-0.15, -0.1) is 0 Å². The molecule has 1 aliphatic rings. The first-order valence-corrected chi connectivity index (χ1v) is 16.5. The Morgan fingerprint density at radius 3 is 2.35 bits per heavy atom. The summed E-state index contributed by atoms with van der Waals surface area (Å²) in [6, 6.07) is 8.00. The second-order valence-electron chi connectivity index (χ2n) is 12.3. The fourth-order valence-electron chi connectivity index (χ4n) is 6.19. The van der Waals surface area contributed by atoms with E-state index in [9.17, 15) is 24.3 Å². The number of rotatable bonds is 12. The molecule has 3 aromatic rings. The molecule has 0 radical (unpaired) electrons. The number of nitrogens with one attached hydrogen (secondary N) is 3. The van der Waals surface area contributed by atoms with Gasteiger partial charge in [0.1, 0.15) is 17.6 Å². The SMILES string of the molecule is CCC(C)[C@H](NC(=O)[C@@]1(NC(=O)[C@H](C(C)CC)N(Cc2cccc(Cl)c2)C(=O)O)CCc2[nH]c3c(Cl)cc(Cl)cc3c2C1)C(N)=O. The molecule has 1 aromatic heterocycles. The zero-order valence-corrected chi connectivity index (χ0v) is 28.5. The fourth-order valence-corrected chi connectivity index (χ4v) is 6.95. The van der Waals surface area contributed by atoms with E-state index in [1.54, 1.807) is 43.3 Å². The molecule has 248 valence electrons. The van der Waals surface area contributed by atoms with Crippen molar-refractivity contribution in [2.24, 2.45) is 17.6 Å². The first-order chi connectivity index (χ1) is 21.7. The average molecular weight is 693 g/mol. The van der Waals surface area contributed by atoms with Crippen molar-refractivity contribution in [2.75, 3.05) is 0 Å². The average Bonchev–Trinajstić information content (AvgIpc) is 3.36. The highest BCUT2D eigenvalue weighted by Gasteiger charge is 2.47. The molecule has 5 atom stereocenters. The smallest absolute Gasteiger partial charge is 0.408 e. The number of fused-ring (bicyclic) bond motifs is 3. The van der Waals surface area contributed by atoms with Crippen LogP contribution in [0.25, 0.3) is 10.9 Å². The molecule has 0 spiro atoms. The summed E-state index contributed by atoms with van der Waals surface area (Å²) in [6.07, 6.45) is 0.321. The molecule has 10 nitrogen and oxygen atoms in total. The van der Waals surface area contributed by atoms with Gasteiger partial charge in [0.2, 0.25) is 17.7 Å². The van der Waals surface area contributed by atoms with Gasteiger partial charge in [0.15, 0.2) is 0 Å². The third-order valence-corrected chi connectivity index (χ3v) is 9.93. The lowest BCUT2D eigenvalue weighted by Crippen LogP contribution is -2.67. The number of halogens is 3. The van der Waals surface area contributed by atoms with E-state index >= 15 is 0 Å². The van der Waals surface area contributed by atoms with Crippen molar-refractivity contribution in [1.82, 2.24) is 20.5 Å². The Bertz CT molecular complexity index is 1650. The van der Waals surface area contributed by atoms with E-state index in [-0.39, 0.29) is 25.3 Å². The number of hydrogen-bond donors (Lipinski definition) is 5. The molecule has 2 unspecified atom stereocenters. The highest BCUT2D eigenvalue weighted by molar-refractivity contribution is 6.38. The van der Waals surface area contributed by atoms with Gasteiger partial charge in [-0.1, -0.05) is 87.5 Å². The topological polar surface area (TPSA) is 158 Å². The van der Waals surface area contributed by atoms with E-state index in [0.717, 1.165) is 16.2 Å². The number of aromatic nitrogens is 1. The molecule has 4 rings (SSSR count). The number of nitrogens with two attached hydrogens (primary N) is 1. The molecule has 0 bridgehead atoms. The minimum absolute atomic E-state index is 0.0388. The molecule has 0 aliphatic heterocycles. The van der Waals surface area contributed by atoms with Crippen LogP contribution in [0.2, 0.25) is 15.1 Å². The number of carbonyl (C=O) groups excluding carboxylic acids is 3. The number of nitrogens with zero attached hydrogens (tertiary/aromatic N) is 1. The summed E-state index contributed by atoms with van der Waals surface area (Å²) in [4.78, 5) is 58.3. The number of primary amides is 1. The van der Waals surface area contributed by atoms with E-state index in [2.05, 4.69) is 15.6 Å². The van der Waals surface area contributed by atoms with Crippen molar-refractivity contribution in [3.63, 3.8) is 0 Å². The van der Waals surface area contributed by atoms with Gasteiger partial charge in [0.05, 0.1) is 10.5 Å². The zero-order valence-electron chi connectivity index (χ0n) is 26.3. The zero-order chi connectivity index (χ0) is 33.9. The first kappa shape index (κ1) is 35.4. The summed E-state index contributed by atoms with van der Waals surface area (Å²) in [5.74, 6) is -2.60. The Morgan fingerprint density at radius 2 is 1.74 bits per heavy atom. The summed E-state index contributed by atoms with van der Waals surface area (Å²) in [6.45, 7) is 7.25. The summed E-state index contributed by atoms with van der Waals surface area (Å²) in [5.41, 5.74) is 7.01. The van der Waals surface area contributed by atoms with E-state index in [1.165, 1.54) is 0 Å². The standard InChI is InChI=1S/C33H40Cl3N5O5/c1-5-17(3)26(29(37)42)39-31(44)33(11-10-25-23(15-33)22-13-21(35)14-24(36)27(22)38-25)40-30(43)28(18(4)6-2)41(32(45)46)16-19-8-7-9-20(34)12-19/h7-9,12-14,17-18,26,28,38H,5-6,10-11,15-16H2,1-4H3,(H2,37,42)(H,39,44)(H,40,43)(H,45,46)/t17?,18?,26-,28-,33+/m0/s1. The van der Waals surface area contributed by atoms with Gasteiger partial charge in [-0.25, -0.2) is 4.79 Å². The monoisotopic (exact) mass is 691 g/mol. The van der Waals surface area contributed by atoms with Crippen molar-refractivity contribution in [2.45, 2.75) is 84.0 Å². The van der Waals surface area contributed by atoms with Crippen molar-refractivity contribution in [3.05, 3.63) is 68.3 Å². The van der Waals surface area contributed by atoms with Crippen LogP contribution >= 0.6 is 34.8 Å². The van der Waals surface area contributed by atoms with Gasteiger partial charge in [-0.2, -0.15) is 0 Å². The van der Waals surface area contributed by atoms with Gasteiger partial charge in [-0.05, 0) is 60.1 Å². The molecular weight excluding hydrogens is 653 g/mol. The quantitative estimate of drug-likeness (QED) is 0.155. The van der Waals surface area contributed by atoms with Gasteiger partial charge in [0, 0.05) is 34.1 Å². The molecule has 1 aliphatic carbocycles. The maximum absolute atomic E-state index is 14.4. The highest BCUT2D eigenvalue weighted by Crippen LogP contribution is 2.38. The second kappa shape index (κ2) is 14.5. The summed E-state index contributed by atoms with van der Waals surface area (Å²) in [5, 5.41) is 18.1. The van der Waals surface area contributed by atoms with Crippen LogP contribution in [0.5, 0.6) is 0 Å². The van der Waals surface area contributed by atoms with Crippen LogP contribution in [0.3, 0.4) is 0 Å². The minimum atomic E-state index is -1.55. The Labute approximate surface area is 283 Å². The molecular formula is C33H40Cl3N5O5. The van der Waals surface area contributed by atoms with Crippen molar-refractivity contribution in [3.8, 4) is 0 Å². The number of carbonyl (C=O) groups is 4. The maximum atomic E-state index is 14.4. The van der Waals surface area contributed by atoms with Crippen LogP contribution < -0.4 is 16.4 Å². The normalized spacial score (nSPS) is 18.6. The number of H-pyrrole nitrogens is 1. The lowest BCUT2D eigenvalue weighted by atomic mass is 9.78. The van der Waals surface area contributed by atoms with Gasteiger partial charge >= 0.3 is 6.09 Å². The summed E-state index contributed by atoms with van der Waals surface area (Å²) >= 11 is 19.0. The van der Waals surface area contributed by atoms with Gasteiger partial charge in [-0.3, -0.25) is 19.3 Å². The molecule has 13 heteroatoms. The van der Waals surface area contributed by atoms with E-state index < -0.39 is 47.4 Å². The molecule has 2 aromatic carbocycles. The lowest BCUT2D eigenvalue weighted by molar-refractivity contribution is -0.139. The molecule has 6 N–H and O–H groups in total. The van der Waals surface area contributed by atoms with E-state index in [1.807, 2.05) is 20.8 Å². The van der Waals surface area contributed by atoms with Gasteiger partial charge in [0.25, 0.3) is 0 Å². The lowest BCUT2D eigenvalue weighted by Gasteiger charge is -2.41. The first-order valence-electron chi connectivity index (χ1n) is 15.4. The highest BCUT2D eigenvalue weighted by atomic mass is 35.5. The Morgan fingerprint density at radius 1 is 1.04 bits per heavy atom. The molecule has 0 saturated carbocycles. The van der Waals surface area contributed by atoms with Crippen molar-refractivity contribution in [1.29, 1.82) is 0 Å². The number of carboxylic acid groups (broad SMARTS) is 1. The maximum Gasteiger partial charge on any atom is 0.408 e. The number of amides is 4.